The highest BCUT2D eigenvalue weighted by molar-refractivity contribution is 6.37. The van der Waals surface area contributed by atoms with Crippen LogP contribution in [0.4, 0.5) is 15.8 Å². The number of nitrogens with zero attached hydrogens (tertiary/aromatic N) is 8. The normalized spacial score (nSPS) is 19.6. The van der Waals surface area contributed by atoms with Crippen molar-refractivity contribution in [2.75, 3.05) is 10.2 Å². The van der Waals surface area contributed by atoms with Crippen LogP contribution in [0.2, 0.25) is 0 Å². The molecule has 13 heteroatoms. The summed E-state index contributed by atoms with van der Waals surface area (Å²) in [7, 11) is 0. The van der Waals surface area contributed by atoms with Crippen LogP contribution in [-0.2, 0) is 15.1 Å². The molecule has 4 aromatic rings. The zero-order chi connectivity index (χ0) is 33.1. The van der Waals surface area contributed by atoms with E-state index in [1.54, 1.807) is 17.8 Å². The lowest BCUT2D eigenvalue weighted by atomic mass is 9.50. The van der Waals surface area contributed by atoms with E-state index in [0.717, 1.165) is 30.2 Å². The van der Waals surface area contributed by atoms with Crippen molar-refractivity contribution in [2.45, 2.75) is 71.5 Å². The Labute approximate surface area is 264 Å². The van der Waals surface area contributed by atoms with Gasteiger partial charge in [-0.1, -0.05) is 32.1 Å². The number of hydrogen-bond acceptors (Lipinski definition) is 9. The molecule has 234 valence electrons. The summed E-state index contributed by atoms with van der Waals surface area (Å²) in [4.78, 5) is 35.5. The average Bonchev–Trinajstić information content (AvgIpc) is 3.42. The molecule has 0 spiro atoms. The molecular formula is C33H32FN9O3. The number of aryl methyl sites for hydroxylation is 1. The second-order valence-electron chi connectivity index (χ2n) is 13.4. The molecule has 2 atom stereocenters. The van der Waals surface area contributed by atoms with Crippen LogP contribution in [0.3, 0.4) is 0 Å². The number of halogens is 1. The molecule has 1 aromatic carbocycles. The van der Waals surface area contributed by atoms with Crippen LogP contribution in [0.5, 0.6) is 0 Å². The Morgan fingerprint density at radius 1 is 1.17 bits per heavy atom. The van der Waals surface area contributed by atoms with Crippen molar-refractivity contribution in [1.82, 2.24) is 25.0 Å². The van der Waals surface area contributed by atoms with Gasteiger partial charge in [-0.3, -0.25) is 14.7 Å². The van der Waals surface area contributed by atoms with Crippen LogP contribution < -0.4 is 10.2 Å². The fourth-order valence-electron chi connectivity index (χ4n) is 6.28. The van der Waals surface area contributed by atoms with E-state index in [4.69, 9.17) is 0 Å². The highest BCUT2D eigenvalue weighted by Gasteiger charge is 2.59. The summed E-state index contributed by atoms with van der Waals surface area (Å²) in [6, 6.07) is 8.37. The minimum absolute atomic E-state index is 0.0357. The highest BCUT2D eigenvalue weighted by Crippen LogP contribution is 2.62. The van der Waals surface area contributed by atoms with Crippen molar-refractivity contribution < 1.29 is 19.1 Å². The van der Waals surface area contributed by atoms with Gasteiger partial charge >= 0.3 is 11.9 Å². The van der Waals surface area contributed by atoms with Gasteiger partial charge in [0.1, 0.15) is 23.9 Å². The van der Waals surface area contributed by atoms with E-state index >= 15 is 0 Å². The van der Waals surface area contributed by atoms with E-state index in [0.29, 0.717) is 22.6 Å². The van der Waals surface area contributed by atoms with Crippen molar-refractivity contribution >= 4 is 34.2 Å². The Bertz CT molecular complexity index is 1990. The number of rotatable bonds is 7. The van der Waals surface area contributed by atoms with E-state index in [1.165, 1.54) is 24.4 Å². The molecule has 2 N–H and O–H groups in total. The minimum Gasteiger partial charge on any atom is -0.474 e. The molecular weight excluding hydrogens is 589 g/mol. The number of carboxylic acids is 1. The van der Waals surface area contributed by atoms with Crippen LogP contribution in [-0.4, -0.2) is 48.0 Å². The van der Waals surface area contributed by atoms with Gasteiger partial charge in [0.15, 0.2) is 0 Å². The van der Waals surface area contributed by atoms with Gasteiger partial charge in [0.05, 0.1) is 34.1 Å². The third-order valence-electron chi connectivity index (χ3n) is 9.47. The van der Waals surface area contributed by atoms with Crippen LogP contribution in [0, 0.1) is 46.9 Å². The number of benzene rings is 1. The number of amides is 1. The second kappa shape index (κ2) is 10.9. The van der Waals surface area contributed by atoms with E-state index in [2.05, 4.69) is 37.7 Å². The Hall–Kier alpha value is -5.43. The molecule has 3 aromatic heterocycles. The first-order valence-corrected chi connectivity index (χ1v) is 14.9. The molecule has 0 radical (unpaired) electrons. The number of fused-ring (bicyclic) bond motifs is 1. The number of aromatic nitrogens is 5. The molecule has 2 bridgehead atoms. The Morgan fingerprint density at radius 2 is 1.87 bits per heavy atom. The largest absolute Gasteiger partial charge is 0.474 e. The number of carboxylic acid groups (broad SMARTS) is 1. The van der Waals surface area contributed by atoms with E-state index in [-0.39, 0.29) is 50.7 Å². The number of carbonyl (C=O) groups excluding carboxylic acids is 1. The third kappa shape index (κ3) is 4.98. The zero-order valence-corrected chi connectivity index (χ0v) is 26.0. The summed E-state index contributed by atoms with van der Waals surface area (Å²) >= 11 is 0. The maximum absolute atomic E-state index is 14.2. The monoisotopic (exact) mass is 621 g/mol. The fourth-order valence-corrected chi connectivity index (χ4v) is 6.28. The second-order valence-corrected chi connectivity index (χ2v) is 13.4. The van der Waals surface area contributed by atoms with Gasteiger partial charge in [-0.25, -0.2) is 14.5 Å². The molecule has 12 nitrogen and oxygen atoms in total. The van der Waals surface area contributed by atoms with Gasteiger partial charge in [-0.15, -0.1) is 5.10 Å². The molecule has 3 aliphatic rings. The predicted molar refractivity (Wildman–Crippen MR) is 165 cm³/mol. The van der Waals surface area contributed by atoms with Crippen LogP contribution in [0.15, 0.2) is 36.7 Å². The molecule has 3 heterocycles. The fraction of sp³-hybridized carbons (Fsp3) is 0.394. The number of anilines is 2. The topological polar surface area (TPSA) is 174 Å². The number of pyridine rings is 2. The van der Waals surface area contributed by atoms with Gasteiger partial charge in [0.2, 0.25) is 5.95 Å². The Kier molecular flexibility index (Phi) is 7.23. The standard InChI is InChI=1S/C33H32FN9O3/c1-17-23(6-7-26(34)38-17)29(25-16-42(41-40-25)33-10-19(11-33)12-33)43(30(44)31(45)46)22-8-20(13-35)27-24(9-22)28(21(14-36)15-37-27)39-18(2)32(3,4)5/h6-9,15-16,18-19,29H,10-12H2,1-5H3,(H,37,39)(H,45,46)/t18?,19?,29-,33?/m0/s1. The van der Waals surface area contributed by atoms with Gasteiger partial charge in [0.25, 0.3) is 0 Å². The maximum Gasteiger partial charge on any atom is 0.395 e. The van der Waals surface area contributed by atoms with Crippen molar-refractivity contribution in [3.63, 3.8) is 0 Å². The summed E-state index contributed by atoms with van der Waals surface area (Å²) in [6.07, 6.45) is 5.96. The van der Waals surface area contributed by atoms with Gasteiger partial charge in [-0.2, -0.15) is 14.9 Å². The lowest BCUT2D eigenvalue weighted by Crippen LogP contribution is -2.59. The van der Waals surface area contributed by atoms with E-state index < -0.39 is 23.9 Å². The van der Waals surface area contributed by atoms with Crippen LogP contribution in [0.25, 0.3) is 10.9 Å². The van der Waals surface area contributed by atoms with Crippen molar-refractivity contribution in [3.8, 4) is 12.1 Å². The van der Waals surface area contributed by atoms with Gasteiger partial charge < -0.3 is 10.4 Å². The Balaban J connectivity index is 1.61. The molecule has 1 amide bonds. The average molecular weight is 622 g/mol. The quantitative estimate of drug-likeness (QED) is 0.212. The molecule has 1 unspecified atom stereocenters. The molecule has 46 heavy (non-hydrogen) atoms. The number of aliphatic carboxylic acids is 1. The van der Waals surface area contributed by atoms with Crippen molar-refractivity contribution in [1.29, 1.82) is 10.5 Å². The SMILES string of the molecule is Cc1nc(F)ccc1[C@@H](c1cn(C23CC(C2)C3)nn1)N(C(=O)C(=O)O)c1cc(C#N)c2ncc(C#N)c(NC(C)C(C)(C)C)c2c1. The summed E-state index contributed by atoms with van der Waals surface area (Å²) in [5, 5.41) is 42.8. The molecule has 3 aliphatic carbocycles. The lowest BCUT2D eigenvalue weighted by molar-refractivity contribution is -0.149. The first-order valence-electron chi connectivity index (χ1n) is 14.9. The molecule has 3 saturated carbocycles. The summed E-state index contributed by atoms with van der Waals surface area (Å²) in [5.41, 5.74) is 1.35. The zero-order valence-electron chi connectivity index (χ0n) is 26.0. The molecule has 3 fully saturated rings. The van der Waals surface area contributed by atoms with Crippen molar-refractivity contribution in [3.05, 3.63) is 70.7 Å². The van der Waals surface area contributed by atoms with Crippen molar-refractivity contribution in [2.24, 2.45) is 11.3 Å². The first kappa shape index (κ1) is 30.6. The predicted octanol–water partition coefficient (Wildman–Crippen LogP) is 4.97. The van der Waals surface area contributed by atoms with E-state index in [9.17, 15) is 29.6 Å². The van der Waals surface area contributed by atoms with E-state index in [1.807, 2.05) is 27.7 Å². The maximum atomic E-state index is 14.2. The molecule has 0 aliphatic heterocycles. The summed E-state index contributed by atoms with van der Waals surface area (Å²) in [5.74, 6) is -3.18. The number of nitrogens with one attached hydrogen (secondary N) is 1. The van der Waals surface area contributed by atoms with Crippen LogP contribution in [0.1, 0.15) is 81.1 Å². The number of nitriles is 2. The highest BCUT2D eigenvalue weighted by atomic mass is 19.1. The molecule has 7 rings (SSSR count). The number of carbonyl (C=O) groups is 2. The molecule has 0 saturated heterocycles. The Morgan fingerprint density at radius 3 is 2.43 bits per heavy atom. The van der Waals surface area contributed by atoms with Gasteiger partial charge in [0, 0.05) is 34.6 Å². The lowest BCUT2D eigenvalue weighted by Gasteiger charge is -2.61. The summed E-state index contributed by atoms with van der Waals surface area (Å²) < 4.78 is 16.0. The number of hydrogen-bond donors (Lipinski definition) is 2. The van der Waals surface area contributed by atoms with Gasteiger partial charge in [-0.05, 0) is 62.6 Å². The first-order chi connectivity index (χ1) is 21.8. The minimum atomic E-state index is -1.76. The smallest absolute Gasteiger partial charge is 0.395 e. The third-order valence-corrected chi connectivity index (χ3v) is 9.47. The van der Waals surface area contributed by atoms with Crippen LogP contribution >= 0.6 is 0 Å². The summed E-state index contributed by atoms with van der Waals surface area (Å²) in [6.45, 7) is 9.61.